The van der Waals surface area contributed by atoms with E-state index in [0.29, 0.717) is 5.82 Å². The van der Waals surface area contributed by atoms with Crippen molar-refractivity contribution in [3.63, 3.8) is 0 Å². The third kappa shape index (κ3) is 4.35. The van der Waals surface area contributed by atoms with Crippen molar-refractivity contribution >= 4 is 28.6 Å². The SMILES string of the molecule is CC(C)(C)c1nc(N2CCC(F)(F)C2)c2nn(Cc3cccc(C(F)(F)F)c3Cl)nc2n1. The number of fused-ring (bicyclic) bond motifs is 1. The van der Waals surface area contributed by atoms with Gasteiger partial charge in [0.1, 0.15) is 5.82 Å². The highest BCUT2D eigenvalue weighted by Crippen LogP contribution is 2.37. The lowest BCUT2D eigenvalue weighted by Gasteiger charge is -2.21. The zero-order chi connectivity index (χ0) is 23.5. The van der Waals surface area contributed by atoms with E-state index in [9.17, 15) is 22.0 Å². The molecule has 0 aliphatic carbocycles. The molecular formula is C20H20ClF5N6. The maximum atomic E-state index is 13.9. The fourth-order valence-electron chi connectivity index (χ4n) is 3.45. The van der Waals surface area contributed by atoms with Crippen LogP contribution in [-0.2, 0) is 18.1 Å². The summed E-state index contributed by atoms with van der Waals surface area (Å²) in [4.78, 5) is 11.5. The molecule has 4 rings (SSSR count). The molecule has 0 amide bonds. The average molecular weight is 475 g/mol. The maximum Gasteiger partial charge on any atom is 0.417 e. The number of hydrogen-bond acceptors (Lipinski definition) is 5. The second kappa shape index (κ2) is 7.50. The van der Waals surface area contributed by atoms with Gasteiger partial charge in [-0.05, 0) is 11.6 Å². The third-order valence-corrected chi connectivity index (χ3v) is 5.56. The number of aromatic nitrogens is 5. The second-order valence-electron chi connectivity index (χ2n) is 8.83. The van der Waals surface area contributed by atoms with Crippen molar-refractivity contribution in [2.75, 3.05) is 18.0 Å². The topological polar surface area (TPSA) is 59.7 Å². The number of halogens is 6. The summed E-state index contributed by atoms with van der Waals surface area (Å²) in [7, 11) is 0. The Morgan fingerprint density at radius 1 is 1.09 bits per heavy atom. The van der Waals surface area contributed by atoms with Crippen LogP contribution in [0.5, 0.6) is 0 Å². The number of alkyl halides is 5. The van der Waals surface area contributed by atoms with Gasteiger partial charge in [-0.3, -0.25) is 0 Å². The molecule has 2 aromatic heterocycles. The van der Waals surface area contributed by atoms with Crippen LogP contribution in [0.15, 0.2) is 18.2 Å². The molecule has 3 heterocycles. The number of nitrogens with zero attached hydrogens (tertiary/aromatic N) is 6. The van der Waals surface area contributed by atoms with Crippen LogP contribution >= 0.6 is 11.6 Å². The van der Waals surface area contributed by atoms with E-state index in [1.165, 1.54) is 17.0 Å². The quantitative estimate of drug-likeness (QED) is 0.495. The van der Waals surface area contributed by atoms with Gasteiger partial charge < -0.3 is 4.90 Å². The van der Waals surface area contributed by atoms with Crippen LogP contribution in [0, 0.1) is 0 Å². The average Bonchev–Trinajstić information content (AvgIpc) is 3.23. The Balaban J connectivity index is 1.78. The van der Waals surface area contributed by atoms with Crippen molar-refractivity contribution < 1.29 is 22.0 Å². The molecule has 1 aromatic carbocycles. The van der Waals surface area contributed by atoms with E-state index in [0.717, 1.165) is 10.9 Å². The molecule has 0 unspecified atom stereocenters. The summed E-state index contributed by atoms with van der Waals surface area (Å²) in [6.45, 7) is 5.07. The van der Waals surface area contributed by atoms with Crippen LogP contribution in [0.1, 0.15) is 44.1 Å². The molecule has 1 aliphatic rings. The van der Waals surface area contributed by atoms with Crippen LogP contribution < -0.4 is 4.90 Å². The molecule has 0 bridgehead atoms. The van der Waals surface area contributed by atoms with Gasteiger partial charge in [0.15, 0.2) is 11.3 Å². The minimum Gasteiger partial charge on any atom is -0.348 e. The smallest absolute Gasteiger partial charge is 0.348 e. The maximum absolute atomic E-state index is 13.9. The molecular weight excluding hydrogens is 455 g/mol. The zero-order valence-corrected chi connectivity index (χ0v) is 18.3. The lowest BCUT2D eigenvalue weighted by atomic mass is 9.96. The van der Waals surface area contributed by atoms with E-state index in [2.05, 4.69) is 20.2 Å². The summed E-state index contributed by atoms with van der Waals surface area (Å²) < 4.78 is 67.2. The standard InChI is InChI=1S/C20H20ClF5N6/c1-18(2,3)17-27-15-14(16(28-17)31-8-7-19(22,23)10-31)29-32(30-15)9-11-5-4-6-12(13(11)21)20(24,25)26/h4-6H,7-10H2,1-3H3. The third-order valence-electron chi connectivity index (χ3n) is 5.11. The van der Waals surface area contributed by atoms with E-state index < -0.39 is 34.6 Å². The van der Waals surface area contributed by atoms with Gasteiger partial charge >= 0.3 is 6.18 Å². The molecule has 6 nitrogen and oxygen atoms in total. The van der Waals surface area contributed by atoms with E-state index in [4.69, 9.17) is 11.6 Å². The van der Waals surface area contributed by atoms with Crippen LogP contribution in [0.25, 0.3) is 11.2 Å². The van der Waals surface area contributed by atoms with Gasteiger partial charge in [0.2, 0.25) is 5.65 Å². The first kappa shape index (κ1) is 22.6. The fraction of sp³-hybridized carbons (Fsp3) is 0.500. The first-order valence-corrected chi connectivity index (χ1v) is 10.2. The Labute approximate surface area is 185 Å². The zero-order valence-electron chi connectivity index (χ0n) is 17.5. The molecule has 12 heteroatoms. The van der Waals surface area contributed by atoms with E-state index in [-0.39, 0.29) is 42.1 Å². The van der Waals surface area contributed by atoms with Gasteiger partial charge in [0.25, 0.3) is 5.92 Å². The molecule has 0 N–H and O–H groups in total. The van der Waals surface area contributed by atoms with Gasteiger partial charge in [-0.25, -0.2) is 18.7 Å². The van der Waals surface area contributed by atoms with E-state index >= 15 is 0 Å². The molecule has 1 saturated heterocycles. The summed E-state index contributed by atoms with van der Waals surface area (Å²) in [6.07, 6.45) is -4.91. The Morgan fingerprint density at radius 2 is 1.81 bits per heavy atom. The van der Waals surface area contributed by atoms with Gasteiger partial charge in [0, 0.05) is 18.4 Å². The first-order chi connectivity index (χ1) is 14.7. The van der Waals surface area contributed by atoms with Crippen molar-refractivity contribution in [2.45, 2.75) is 51.3 Å². The Kier molecular flexibility index (Phi) is 5.30. The number of anilines is 1. The number of benzene rings is 1. The van der Waals surface area contributed by atoms with E-state index in [1.807, 2.05) is 20.8 Å². The Morgan fingerprint density at radius 3 is 2.41 bits per heavy atom. The van der Waals surface area contributed by atoms with Gasteiger partial charge in [-0.15, -0.1) is 10.2 Å². The van der Waals surface area contributed by atoms with Gasteiger partial charge in [-0.2, -0.15) is 18.0 Å². The first-order valence-electron chi connectivity index (χ1n) is 9.85. The summed E-state index contributed by atoms with van der Waals surface area (Å²) in [5.74, 6) is -2.21. The normalized spacial score (nSPS) is 16.8. The highest BCUT2D eigenvalue weighted by Gasteiger charge is 2.40. The molecule has 0 spiro atoms. The second-order valence-corrected chi connectivity index (χ2v) is 9.21. The van der Waals surface area contributed by atoms with Crippen molar-refractivity contribution in [1.82, 2.24) is 25.0 Å². The summed E-state index contributed by atoms with van der Waals surface area (Å²) in [5, 5.41) is 8.15. The van der Waals surface area contributed by atoms with Crippen molar-refractivity contribution in [1.29, 1.82) is 0 Å². The molecule has 172 valence electrons. The summed E-state index contributed by atoms with van der Waals surface area (Å²) in [5.41, 5.74) is -0.889. The molecule has 3 aromatic rings. The van der Waals surface area contributed by atoms with Crippen molar-refractivity contribution in [2.24, 2.45) is 0 Å². The monoisotopic (exact) mass is 474 g/mol. The molecule has 0 radical (unpaired) electrons. The fourth-order valence-corrected chi connectivity index (χ4v) is 3.75. The van der Waals surface area contributed by atoms with Crippen LogP contribution in [0.4, 0.5) is 27.8 Å². The number of hydrogen-bond donors (Lipinski definition) is 0. The van der Waals surface area contributed by atoms with Crippen LogP contribution in [0.3, 0.4) is 0 Å². The van der Waals surface area contributed by atoms with Crippen LogP contribution in [0.2, 0.25) is 5.02 Å². The molecule has 1 fully saturated rings. The molecule has 1 aliphatic heterocycles. The largest absolute Gasteiger partial charge is 0.417 e. The Hall–Kier alpha value is -2.56. The lowest BCUT2D eigenvalue weighted by molar-refractivity contribution is -0.137. The predicted molar refractivity (Wildman–Crippen MR) is 109 cm³/mol. The van der Waals surface area contributed by atoms with Crippen molar-refractivity contribution in [3.8, 4) is 0 Å². The highest BCUT2D eigenvalue weighted by atomic mass is 35.5. The Bertz CT molecular complexity index is 1170. The van der Waals surface area contributed by atoms with E-state index in [1.54, 1.807) is 0 Å². The summed E-state index contributed by atoms with van der Waals surface area (Å²) >= 11 is 5.98. The van der Waals surface area contributed by atoms with Gasteiger partial charge in [0.05, 0.1) is 23.7 Å². The minimum atomic E-state index is -4.60. The van der Waals surface area contributed by atoms with Crippen LogP contribution in [-0.4, -0.2) is 44.0 Å². The minimum absolute atomic E-state index is 0.0923. The molecule has 0 atom stereocenters. The predicted octanol–water partition coefficient (Wildman–Crippen LogP) is 5.08. The summed E-state index contributed by atoms with van der Waals surface area (Å²) in [6, 6.07) is 3.59. The molecule has 32 heavy (non-hydrogen) atoms. The highest BCUT2D eigenvalue weighted by molar-refractivity contribution is 6.32. The van der Waals surface area contributed by atoms with Crippen molar-refractivity contribution in [3.05, 3.63) is 40.2 Å². The lowest BCUT2D eigenvalue weighted by Crippen LogP contribution is -2.27. The number of rotatable bonds is 3. The van der Waals surface area contributed by atoms with Gasteiger partial charge in [-0.1, -0.05) is 44.5 Å². The molecule has 0 saturated carbocycles.